The number of amides is 1. The normalized spacial score (nSPS) is 24.0. The van der Waals surface area contributed by atoms with Gasteiger partial charge in [0.1, 0.15) is 0 Å². The van der Waals surface area contributed by atoms with Crippen molar-refractivity contribution in [3.05, 3.63) is 35.4 Å². The molecule has 1 amide bonds. The Labute approximate surface area is 123 Å². The van der Waals surface area contributed by atoms with Crippen molar-refractivity contribution in [3.8, 4) is 6.07 Å². The first-order valence-corrected chi connectivity index (χ1v) is 7.24. The number of carbonyl (C=O) groups is 1. The third-order valence-electron chi connectivity index (χ3n) is 4.64. The SMILES string of the molecule is N#Cc1cccc([C@H]2COC3(CCN(C(=O)O)CC3)C2)c1. The summed E-state index contributed by atoms with van der Waals surface area (Å²) in [6, 6.07) is 9.85. The number of benzene rings is 1. The van der Waals surface area contributed by atoms with E-state index in [4.69, 9.17) is 15.1 Å². The highest BCUT2D eigenvalue weighted by atomic mass is 16.5. The maximum atomic E-state index is 11.0. The molecule has 2 aliphatic rings. The van der Waals surface area contributed by atoms with Gasteiger partial charge in [0.2, 0.25) is 0 Å². The first-order chi connectivity index (χ1) is 10.1. The zero-order valence-electron chi connectivity index (χ0n) is 11.8. The molecule has 1 aromatic carbocycles. The van der Waals surface area contributed by atoms with E-state index in [1.54, 1.807) is 6.07 Å². The van der Waals surface area contributed by atoms with Crippen molar-refractivity contribution in [2.24, 2.45) is 0 Å². The Hall–Kier alpha value is -2.06. The van der Waals surface area contributed by atoms with Crippen molar-refractivity contribution in [1.82, 2.24) is 4.90 Å². The van der Waals surface area contributed by atoms with E-state index < -0.39 is 6.09 Å². The highest BCUT2D eigenvalue weighted by Gasteiger charge is 2.43. The average molecular weight is 286 g/mol. The van der Waals surface area contributed by atoms with Crippen molar-refractivity contribution >= 4 is 6.09 Å². The molecule has 2 heterocycles. The number of hydrogen-bond acceptors (Lipinski definition) is 3. The summed E-state index contributed by atoms with van der Waals surface area (Å²) in [6.45, 7) is 1.74. The molecule has 0 radical (unpaired) electrons. The monoisotopic (exact) mass is 286 g/mol. The van der Waals surface area contributed by atoms with Crippen LogP contribution < -0.4 is 0 Å². The minimum Gasteiger partial charge on any atom is -0.465 e. The van der Waals surface area contributed by atoms with Gasteiger partial charge in [-0.15, -0.1) is 0 Å². The first-order valence-electron chi connectivity index (χ1n) is 7.24. The van der Waals surface area contributed by atoms with E-state index in [2.05, 4.69) is 6.07 Å². The lowest BCUT2D eigenvalue weighted by molar-refractivity contribution is -0.0394. The van der Waals surface area contributed by atoms with Crippen LogP contribution in [0.25, 0.3) is 0 Å². The molecule has 1 spiro atoms. The topological polar surface area (TPSA) is 73.6 Å². The molecule has 1 aromatic rings. The van der Waals surface area contributed by atoms with E-state index in [9.17, 15) is 4.79 Å². The Morgan fingerprint density at radius 1 is 1.43 bits per heavy atom. The van der Waals surface area contributed by atoms with Crippen molar-refractivity contribution < 1.29 is 14.6 Å². The third kappa shape index (κ3) is 2.72. The van der Waals surface area contributed by atoms with E-state index in [1.165, 1.54) is 4.90 Å². The van der Waals surface area contributed by atoms with Crippen LogP contribution in [0.1, 0.15) is 36.3 Å². The largest absolute Gasteiger partial charge is 0.465 e. The number of ether oxygens (including phenoxy) is 1. The highest BCUT2D eigenvalue weighted by Crippen LogP contribution is 2.42. The van der Waals surface area contributed by atoms with Crippen LogP contribution >= 0.6 is 0 Å². The molecule has 0 saturated carbocycles. The number of hydrogen-bond donors (Lipinski definition) is 1. The molecule has 0 aromatic heterocycles. The fraction of sp³-hybridized carbons (Fsp3) is 0.500. The van der Waals surface area contributed by atoms with E-state index in [0.29, 0.717) is 31.2 Å². The number of carboxylic acid groups (broad SMARTS) is 1. The van der Waals surface area contributed by atoms with Gasteiger partial charge in [-0.25, -0.2) is 4.79 Å². The standard InChI is InChI=1S/C16H18N2O3/c17-10-12-2-1-3-13(8-12)14-9-16(21-11-14)4-6-18(7-5-16)15(19)20/h1-3,8,14H,4-7,9,11H2,(H,19,20)/t14-/m1/s1. The summed E-state index contributed by atoms with van der Waals surface area (Å²) in [4.78, 5) is 12.4. The predicted octanol–water partition coefficient (Wildman–Crippen LogP) is 2.57. The summed E-state index contributed by atoms with van der Waals surface area (Å²) >= 11 is 0. The zero-order valence-corrected chi connectivity index (χ0v) is 11.8. The van der Waals surface area contributed by atoms with E-state index in [-0.39, 0.29) is 5.60 Å². The Bertz CT molecular complexity index is 585. The zero-order chi connectivity index (χ0) is 14.9. The third-order valence-corrected chi connectivity index (χ3v) is 4.64. The average Bonchev–Trinajstić information content (AvgIpc) is 2.92. The number of piperidine rings is 1. The molecule has 2 aliphatic heterocycles. The summed E-state index contributed by atoms with van der Waals surface area (Å²) in [5, 5.41) is 18.0. The molecule has 0 unspecified atom stereocenters. The number of nitrogens with zero attached hydrogens (tertiary/aromatic N) is 2. The minimum atomic E-state index is -0.846. The fourth-order valence-corrected chi connectivity index (χ4v) is 3.37. The molecule has 0 bridgehead atoms. The first kappa shape index (κ1) is 13.9. The lowest BCUT2D eigenvalue weighted by Crippen LogP contribution is -2.45. The number of likely N-dealkylation sites (tertiary alicyclic amines) is 1. The molecule has 0 aliphatic carbocycles. The van der Waals surface area contributed by atoms with Gasteiger partial charge in [0, 0.05) is 19.0 Å². The maximum Gasteiger partial charge on any atom is 0.407 e. The molecular weight excluding hydrogens is 268 g/mol. The Kier molecular flexibility index (Phi) is 3.56. The summed E-state index contributed by atoms with van der Waals surface area (Å²) in [7, 11) is 0. The second-order valence-electron chi connectivity index (χ2n) is 5.90. The minimum absolute atomic E-state index is 0.181. The van der Waals surface area contributed by atoms with Crippen LogP contribution in [-0.4, -0.2) is 41.4 Å². The molecule has 1 atom stereocenters. The van der Waals surface area contributed by atoms with Gasteiger partial charge in [-0.3, -0.25) is 0 Å². The highest BCUT2D eigenvalue weighted by molar-refractivity contribution is 5.65. The van der Waals surface area contributed by atoms with Crippen molar-refractivity contribution in [2.75, 3.05) is 19.7 Å². The summed E-state index contributed by atoms with van der Waals surface area (Å²) in [5.74, 6) is 0.301. The summed E-state index contributed by atoms with van der Waals surface area (Å²) < 4.78 is 6.05. The second-order valence-corrected chi connectivity index (χ2v) is 5.90. The van der Waals surface area contributed by atoms with Gasteiger partial charge in [-0.05, 0) is 37.0 Å². The van der Waals surface area contributed by atoms with Crippen molar-refractivity contribution in [1.29, 1.82) is 5.26 Å². The molecule has 110 valence electrons. The van der Waals surface area contributed by atoms with Crippen LogP contribution in [0, 0.1) is 11.3 Å². The predicted molar refractivity (Wildman–Crippen MR) is 76.0 cm³/mol. The van der Waals surface area contributed by atoms with Gasteiger partial charge in [0.05, 0.1) is 23.8 Å². The van der Waals surface area contributed by atoms with Gasteiger partial charge in [-0.1, -0.05) is 12.1 Å². The van der Waals surface area contributed by atoms with Crippen LogP contribution in [0.5, 0.6) is 0 Å². The van der Waals surface area contributed by atoms with Gasteiger partial charge < -0.3 is 14.7 Å². The Balaban J connectivity index is 1.68. The molecule has 1 N–H and O–H groups in total. The summed E-state index contributed by atoms with van der Waals surface area (Å²) in [5.41, 5.74) is 1.64. The second kappa shape index (κ2) is 5.38. The summed E-state index contributed by atoms with van der Waals surface area (Å²) in [6.07, 6.45) is 1.58. The molecule has 5 nitrogen and oxygen atoms in total. The molecule has 2 saturated heterocycles. The van der Waals surface area contributed by atoms with Crippen LogP contribution in [-0.2, 0) is 4.74 Å². The van der Waals surface area contributed by atoms with E-state index >= 15 is 0 Å². The molecule has 5 heteroatoms. The van der Waals surface area contributed by atoms with Crippen LogP contribution in [0.2, 0.25) is 0 Å². The van der Waals surface area contributed by atoms with E-state index in [0.717, 1.165) is 24.8 Å². The van der Waals surface area contributed by atoms with Gasteiger partial charge in [-0.2, -0.15) is 5.26 Å². The van der Waals surface area contributed by atoms with Crippen molar-refractivity contribution in [2.45, 2.75) is 30.8 Å². The quantitative estimate of drug-likeness (QED) is 0.861. The Morgan fingerprint density at radius 3 is 2.86 bits per heavy atom. The van der Waals surface area contributed by atoms with Crippen LogP contribution in [0.3, 0.4) is 0 Å². The van der Waals surface area contributed by atoms with Crippen LogP contribution in [0.15, 0.2) is 24.3 Å². The van der Waals surface area contributed by atoms with E-state index in [1.807, 2.05) is 18.2 Å². The van der Waals surface area contributed by atoms with Crippen molar-refractivity contribution in [3.63, 3.8) is 0 Å². The maximum absolute atomic E-state index is 11.0. The van der Waals surface area contributed by atoms with Gasteiger partial charge in [0.15, 0.2) is 0 Å². The van der Waals surface area contributed by atoms with Gasteiger partial charge >= 0.3 is 6.09 Å². The molecule has 21 heavy (non-hydrogen) atoms. The van der Waals surface area contributed by atoms with Crippen LogP contribution in [0.4, 0.5) is 4.79 Å². The fourth-order valence-electron chi connectivity index (χ4n) is 3.37. The smallest absolute Gasteiger partial charge is 0.407 e. The number of nitriles is 1. The lowest BCUT2D eigenvalue weighted by Gasteiger charge is -2.37. The Morgan fingerprint density at radius 2 is 2.19 bits per heavy atom. The van der Waals surface area contributed by atoms with Gasteiger partial charge in [0.25, 0.3) is 0 Å². The number of rotatable bonds is 1. The molecule has 3 rings (SSSR count). The lowest BCUT2D eigenvalue weighted by atomic mass is 9.83. The molecular formula is C16H18N2O3. The molecule has 2 fully saturated rings.